The molecule has 1 aliphatic carbocycles. The van der Waals surface area contributed by atoms with Crippen LogP contribution in [0, 0.1) is 0 Å². The molecule has 3 heteroatoms. The standard InChI is InChI=1S/C11H19N3/c1-11(2,3)14-8-12-13-10(14)9-6-4-5-7-9/h8-9H,4-7H2,1-3H3. The van der Waals surface area contributed by atoms with E-state index in [0.29, 0.717) is 5.92 Å². The summed E-state index contributed by atoms with van der Waals surface area (Å²) in [5, 5.41) is 8.32. The van der Waals surface area contributed by atoms with Gasteiger partial charge in [-0.25, -0.2) is 0 Å². The average molecular weight is 193 g/mol. The van der Waals surface area contributed by atoms with Crippen molar-refractivity contribution in [3.05, 3.63) is 12.2 Å². The second-order valence-corrected chi connectivity index (χ2v) is 5.21. The van der Waals surface area contributed by atoms with Gasteiger partial charge in [-0.15, -0.1) is 10.2 Å². The van der Waals surface area contributed by atoms with Crippen molar-refractivity contribution in [3.8, 4) is 0 Å². The van der Waals surface area contributed by atoms with Gasteiger partial charge in [0.15, 0.2) is 0 Å². The summed E-state index contributed by atoms with van der Waals surface area (Å²) < 4.78 is 2.23. The molecule has 0 saturated heterocycles. The number of hydrogen-bond acceptors (Lipinski definition) is 2. The van der Waals surface area contributed by atoms with E-state index in [2.05, 4.69) is 35.5 Å². The normalized spacial score (nSPS) is 19.1. The van der Waals surface area contributed by atoms with E-state index in [4.69, 9.17) is 0 Å². The fourth-order valence-electron chi connectivity index (χ4n) is 2.22. The highest BCUT2D eigenvalue weighted by atomic mass is 15.3. The van der Waals surface area contributed by atoms with Crippen molar-refractivity contribution < 1.29 is 0 Å². The van der Waals surface area contributed by atoms with Crippen LogP contribution >= 0.6 is 0 Å². The molecule has 0 atom stereocenters. The minimum absolute atomic E-state index is 0.113. The molecule has 0 amide bonds. The predicted molar refractivity (Wildman–Crippen MR) is 56.2 cm³/mol. The number of rotatable bonds is 1. The lowest BCUT2D eigenvalue weighted by molar-refractivity contribution is 0.371. The highest BCUT2D eigenvalue weighted by Crippen LogP contribution is 2.34. The third-order valence-corrected chi connectivity index (χ3v) is 3.02. The van der Waals surface area contributed by atoms with E-state index in [0.717, 1.165) is 0 Å². The largest absolute Gasteiger partial charge is 0.312 e. The van der Waals surface area contributed by atoms with Crippen LogP contribution in [0.1, 0.15) is 58.2 Å². The van der Waals surface area contributed by atoms with Gasteiger partial charge in [0.05, 0.1) is 0 Å². The van der Waals surface area contributed by atoms with E-state index < -0.39 is 0 Å². The molecule has 1 fully saturated rings. The second-order valence-electron chi connectivity index (χ2n) is 5.21. The molecule has 0 spiro atoms. The van der Waals surface area contributed by atoms with Gasteiger partial charge in [0.2, 0.25) is 0 Å². The minimum atomic E-state index is 0.113. The van der Waals surface area contributed by atoms with Crippen LogP contribution in [0.5, 0.6) is 0 Å². The zero-order valence-electron chi connectivity index (χ0n) is 9.32. The van der Waals surface area contributed by atoms with Gasteiger partial charge in [0.25, 0.3) is 0 Å². The number of hydrogen-bond donors (Lipinski definition) is 0. The van der Waals surface area contributed by atoms with Crippen molar-refractivity contribution in [2.24, 2.45) is 0 Å². The molecule has 0 aliphatic heterocycles. The molecule has 1 saturated carbocycles. The van der Waals surface area contributed by atoms with E-state index in [1.807, 2.05) is 6.33 Å². The molecule has 0 N–H and O–H groups in total. The van der Waals surface area contributed by atoms with Crippen molar-refractivity contribution in [1.29, 1.82) is 0 Å². The van der Waals surface area contributed by atoms with E-state index in [9.17, 15) is 0 Å². The molecule has 14 heavy (non-hydrogen) atoms. The smallest absolute Gasteiger partial charge is 0.136 e. The predicted octanol–water partition coefficient (Wildman–Crippen LogP) is 2.69. The van der Waals surface area contributed by atoms with E-state index in [1.54, 1.807) is 0 Å². The minimum Gasteiger partial charge on any atom is -0.312 e. The van der Waals surface area contributed by atoms with E-state index in [-0.39, 0.29) is 5.54 Å². The van der Waals surface area contributed by atoms with Crippen LogP contribution in [0.15, 0.2) is 6.33 Å². The van der Waals surface area contributed by atoms with Crippen LogP contribution < -0.4 is 0 Å². The molecule has 1 aliphatic rings. The molecule has 2 rings (SSSR count). The molecule has 0 aromatic carbocycles. The van der Waals surface area contributed by atoms with Gasteiger partial charge in [-0.1, -0.05) is 12.8 Å². The monoisotopic (exact) mass is 193 g/mol. The topological polar surface area (TPSA) is 30.7 Å². The summed E-state index contributed by atoms with van der Waals surface area (Å²) in [7, 11) is 0. The van der Waals surface area contributed by atoms with Gasteiger partial charge in [-0.2, -0.15) is 0 Å². The zero-order chi connectivity index (χ0) is 10.2. The van der Waals surface area contributed by atoms with Crippen LogP contribution in [0.2, 0.25) is 0 Å². The molecule has 1 heterocycles. The van der Waals surface area contributed by atoms with Crippen LogP contribution in [-0.4, -0.2) is 14.8 Å². The molecule has 0 unspecified atom stereocenters. The highest BCUT2D eigenvalue weighted by molar-refractivity contribution is 5.01. The SMILES string of the molecule is CC(C)(C)n1cnnc1C1CCCC1. The van der Waals surface area contributed by atoms with Crippen LogP contribution in [0.25, 0.3) is 0 Å². The van der Waals surface area contributed by atoms with Crippen LogP contribution in [0.3, 0.4) is 0 Å². The number of nitrogens with zero attached hydrogens (tertiary/aromatic N) is 3. The van der Waals surface area contributed by atoms with Crippen molar-refractivity contribution in [1.82, 2.24) is 14.8 Å². The number of aromatic nitrogens is 3. The van der Waals surface area contributed by atoms with Gasteiger partial charge >= 0.3 is 0 Å². The Labute approximate surface area is 85.5 Å². The molecular weight excluding hydrogens is 174 g/mol. The van der Waals surface area contributed by atoms with Crippen molar-refractivity contribution in [3.63, 3.8) is 0 Å². The first-order valence-corrected chi connectivity index (χ1v) is 5.49. The Morgan fingerprint density at radius 3 is 2.50 bits per heavy atom. The quantitative estimate of drug-likeness (QED) is 0.686. The van der Waals surface area contributed by atoms with Crippen LogP contribution in [-0.2, 0) is 5.54 Å². The molecular formula is C11H19N3. The molecule has 0 bridgehead atoms. The Kier molecular flexibility index (Phi) is 2.33. The first kappa shape index (κ1) is 9.69. The molecule has 1 aromatic heterocycles. The highest BCUT2D eigenvalue weighted by Gasteiger charge is 2.26. The Bertz CT molecular complexity index is 303. The third kappa shape index (κ3) is 1.68. The van der Waals surface area contributed by atoms with Crippen molar-refractivity contribution in [2.75, 3.05) is 0 Å². The molecule has 1 aromatic rings. The Morgan fingerprint density at radius 2 is 1.93 bits per heavy atom. The molecule has 78 valence electrons. The van der Waals surface area contributed by atoms with E-state index >= 15 is 0 Å². The summed E-state index contributed by atoms with van der Waals surface area (Å²) >= 11 is 0. The van der Waals surface area contributed by atoms with Crippen molar-refractivity contribution >= 4 is 0 Å². The summed E-state index contributed by atoms with van der Waals surface area (Å²) in [6.45, 7) is 6.61. The maximum Gasteiger partial charge on any atom is 0.136 e. The summed E-state index contributed by atoms with van der Waals surface area (Å²) in [6.07, 6.45) is 7.14. The van der Waals surface area contributed by atoms with Gasteiger partial charge in [-0.3, -0.25) is 0 Å². The lowest BCUT2D eigenvalue weighted by Crippen LogP contribution is -2.24. The third-order valence-electron chi connectivity index (χ3n) is 3.02. The van der Waals surface area contributed by atoms with Gasteiger partial charge in [0, 0.05) is 11.5 Å². The maximum atomic E-state index is 4.28. The summed E-state index contributed by atoms with van der Waals surface area (Å²) in [6, 6.07) is 0. The summed E-state index contributed by atoms with van der Waals surface area (Å²) in [5.74, 6) is 1.84. The Balaban J connectivity index is 2.29. The Hall–Kier alpha value is -0.860. The van der Waals surface area contributed by atoms with Gasteiger partial charge in [-0.05, 0) is 33.6 Å². The zero-order valence-corrected chi connectivity index (χ0v) is 9.32. The lowest BCUT2D eigenvalue weighted by Gasteiger charge is -2.24. The Morgan fingerprint density at radius 1 is 1.29 bits per heavy atom. The van der Waals surface area contributed by atoms with E-state index in [1.165, 1.54) is 31.5 Å². The molecule has 3 nitrogen and oxygen atoms in total. The molecule has 0 radical (unpaired) electrons. The van der Waals surface area contributed by atoms with Crippen LogP contribution in [0.4, 0.5) is 0 Å². The summed E-state index contributed by atoms with van der Waals surface area (Å²) in [5.41, 5.74) is 0.113. The fourth-order valence-corrected chi connectivity index (χ4v) is 2.22. The second kappa shape index (κ2) is 3.37. The summed E-state index contributed by atoms with van der Waals surface area (Å²) in [4.78, 5) is 0. The van der Waals surface area contributed by atoms with Gasteiger partial charge < -0.3 is 4.57 Å². The van der Waals surface area contributed by atoms with Gasteiger partial charge in [0.1, 0.15) is 12.2 Å². The maximum absolute atomic E-state index is 4.28. The van der Waals surface area contributed by atoms with Crippen molar-refractivity contribution in [2.45, 2.75) is 57.9 Å². The first-order valence-electron chi connectivity index (χ1n) is 5.49. The average Bonchev–Trinajstić information content (AvgIpc) is 2.73. The lowest BCUT2D eigenvalue weighted by atomic mass is 10.0. The first-order chi connectivity index (χ1) is 6.59. The fraction of sp³-hybridized carbons (Fsp3) is 0.818.